The SMILES string of the molecule is CN(C)C(CNc1c(C#N)c(=O)n(C)c(=O)n1C)c1ccccc1. The first-order valence-electron chi connectivity index (χ1n) is 7.53. The van der Waals surface area contributed by atoms with Crippen LogP contribution in [0, 0.1) is 11.3 Å². The fraction of sp³-hybridized carbons (Fsp3) is 0.353. The molecule has 1 unspecified atom stereocenters. The molecule has 7 nitrogen and oxygen atoms in total. The Kier molecular flexibility index (Phi) is 5.21. The first kappa shape index (κ1) is 17.5. The highest BCUT2D eigenvalue weighted by atomic mass is 16.2. The van der Waals surface area contributed by atoms with Gasteiger partial charge in [0.05, 0.1) is 6.04 Å². The Balaban J connectivity index is 2.40. The van der Waals surface area contributed by atoms with Gasteiger partial charge in [-0.05, 0) is 19.7 Å². The van der Waals surface area contributed by atoms with Crippen molar-refractivity contribution >= 4 is 5.82 Å². The average Bonchev–Trinajstić information content (AvgIpc) is 2.58. The summed E-state index contributed by atoms with van der Waals surface area (Å²) in [6.07, 6.45) is 0. The number of nitriles is 1. The van der Waals surface area contributed by atoms with E-state index >= 15 is 0 Å². The van der Waals surface area contributed by atoms with E-state index in [1.54, 1.807) is 0 Å². The van der Waals surface area contributed by atoms with Crippen molar-refractivity contribution in [3.8, 4) is 6.07 Å². The van der Waals surface area contributed by atoms with Crippen LogP contribution in [0.4, 0.5) is 5.82 Å². The molecule has 24 heavy (non-hydrogen) atoms. The lowest BCUT2D eigenvalue weighted by molar-refractivity contribution is 0.311. The molecular weight excluding hydrogens is 306 g/mol. The van der Waals surface area contributed by atoms with Gasteiger partial charge in [0.15, 0.2) is 5.56 Å². The summed E-state index contributed by atoms with van der Waals surface area (Å²) in [7, 11) is 6.81. The van der Waals surface area contributed by atoms with Crippen molar-refractivity contribution in [2.75, 3.05) is 26.0 Å². The molecule has 1 aromatic heterocycles. The van der Waals surface area contributed by atoms with Gasteiger partial charge in [0.1, 0.15) is 11.9 Å². The number of nitrogens with zero attached hydrogens (tertiary/aromatic N) is 4. The Bertz CT molecular complexity index is 875. The molecule has 2 aromatic rings. The standard InChI is InChI=1S/C17H21N5O2/c1-20(2)14(12-8-6-5-7-9-12)11-19-15-13(10-18)16(23)22(4)17(24)21(15)3/h5-9,14,19H,11H2,1-4H3. The number of anilines is 1. The van der Waals surface area contributed by atoms with Gasteiger partial charge in [-0.3, -0.25) is 13.9 Å². The van der Waals surface area contributed by atoms with Crippen LogP contribution in [-0.2, 0) is 14.1 Å². The van der Waals surface area contributed by atoms with Crippen LogP contribution in [0.3, 0.4) is 0 Å². The number of likely N-dealkylation sites (N-methyl/N-ethyl adjacent to an activating group) is 1. The fourth-order valence-corrected chi connectivity index (χ4v) is 2.62. The molecule has 1 heterocycles. The molecule has 0 saturated carbocycles. The Morgan fingerprint density at radius 1 is 1.17 bits per heavy atom. The van der Waals surface area contributed by atoms with Crippen molar-refractivity contribution in [1.29, 1.82) is 5.26 Å². The Morgan fingerprint density at radius 3 is 2.33 bits per heavy atom. The summed E-state index contributed by atoms with van der Waals surface area (Å²) in [5.41, 5.74) is -0.0284. The molecule has 1 atom stereocenters. The molecular formula is C17H21N5O2. The lowest BCUT2D eigenvalue weighted by atomic mass is 10.1. The van der Waals surface area contributed by atoms with E-state index in [2.05, 4.69) is 5.32 Å². The summed E-state index contributed by atoms with van der Waals surface area (Å²) in [6.45, 7) is 0.451. The van der Waals surface area contributed by atoms with Gasteiger partial charge >= 0.3 is 5.69 Å². The van der Waals surface area contributed by atoms with E-state index in [1.807, 2.05) is 55.4 Å². The maximum absolute atomic E-state index is 12.1. The zero-order valence-electron chi connectivity index (χ0n) is 14.3. The summed E-state index contributed by atoms with van der Waals surface area (Å²) < 4.78 is 2.22. The normalized spacial score (nSPS) is 12.0. The van der Waals surface area contributed by atoms with Crippen molar-refractivity contribution in [2.45, 2.75) is 6.04 Å². The molecule has 1 aromatic carbocycles. The molecule has 0 spiro atoms. The largest absolute Gasteiger partial charge is 0.368 e. The predicted molar refractivity (Wildman–Crippen MR) is 93.0 cm³/mol. The highest BCUT2D eigenvalue weighted by molar-refractivity contribution is 5.51. The zero-order valence-corrected chi connectivity index (χ0v) is 14.3. The maximum Gasteiger partial charge on any atom is 0.332 e. The molecule has 7 heteroatoms. The van der Waals surface area contributed by atoms with Crippen LogP contribution in [0.15, 0.2) is 39.9 Å². The van der Waals surface area contributed by atoms with Gasteiger partial charge < -0.3 is 10.2 Å². The first-order valence-corrected chi connectivity index (χ1v) is 7.53. The molecule has 0 aliphatic heterocycles. The molecule has 2 rings (SSSR count). The lowest BCUT2D eigenvalue weighted by Crippen LogP contribution is -2.40. The highest BCUT2D eigenvalue weighted by Gasteiger charge is 2.18. The Labute approximate surface area is 140 Å². The average molecular weight is 327 g/mol. The van der Waals surface area contributed by atoms with Gasteiger partial charge in [-0.1, -0.05) is 30.3 Å². The van der Waals surface area contributed by atoms with Crippen LogP contribution < -0.4 is 16.6 Å². The van der Waals surface area contributed by atoms with Gasteiger partial charge in [0, 0.05) is 20.6 Å². The van der Waals surface area contributed by atoms with E-state index < -0.39 is 11.2 Å². The zero-order chi connectivity index (χ0) is 17.9. The quantitative estimate of drug-likeness (QED) is 0.873. The maximum atomic E-state index is 12.1. The molecule has 0 aliphatic carbocycles. The highest BCUT2D eigenvalue weighted by Crippen LogP contribution is 2.19. The number of rotatable bonds is 5. The Hall–Kier alpha value is -2.85. The van der Waals surface area contributed by atoms with Crippen molar-refractivity contribution in [1.82, 2.24) is 14.0 Å². The lowest BCUT2D eigenvalue weighted by Gasteiger charge is -2.26. The molecule has 0 fully saturated rings. The topological polar surface area (TPSA) is 83.1 Å². The van der Waals surface area contributed by atoms with Crippen molar-refractivity contribution < 1.29 is 0 Å². The molecule has 0 aliphatic rings. The van der Waals surface area contributed by atoms with Crippen molar-refractivity contribution in [2.24, 2.45) is 14.1 Å². The minimum absolute atomic E-state index is 0.0249. The molecule has 0 radical (unpaired) electrons. The van der Waals surface area contributed by atoms with Crippen LogP contribution >= 0.6 is 0 Å². The van der Waals surface area contributed by atoms with Gasteiger partial charge in [-0.2, -0.15) is 5.26 Å². The predicted octanol–water partition coefficient (Wildman–Crippen LogP) is 0.670. The third-order valence-corrected chi connectivity index (χ3v) is 4.05. The minimum atomic E-state index is -0.593. The number of hydrogen-bond acceptors (Lipinski definition) is 5. The van der Waals surface area contributed by atoms with E-state index in [0.29, 0.717) is 6.54 Å². The molecule has 0 amide bonds. The second kappa shape index (κ2) is 7.15. The molecule has 126 valence electrons. The van der Waals surface area contributed by atoms with E-state index in [4.69, 9.17) is 0 Å². The summed E-state index contributed by atoms with van der Waals surface area (Å²) in [5, 5.41) is 12.4. The van der Waals surface area contributed by atoms with Gasteiger partial charge in [0.25, 0.3) is 5.56 Å². The van der Waals surface area contributed by atoms with Crippen molar-refractivity contribution in [3.63, 3.8) is 0 Å². The first-order chi connectivity index (χ1) is 11.4. The minimum Gasteiger partial charge on any atom is -0.368 e. The van der Waals surface area contributed by atoms with Crippen LogP contribution in [-0.4, -0.2) is 34.7 Å². The monoisotopic (exact) mass is 327 g/mol. The third-order valence-electron chi connectivity index (χ3n) is 4.05. The van der Waals surface area contributed by atoms with Crippen LogP contribution in [0.1, 0.15) is 17.2 Å². The smallest absolute Gasteiger partial charge is 0.332 e. The van der Waals surface area contributed by atoms with Gasteiger partial charge in [0.2, 0.25) is 0 Å². The number of benzene rings is 1. The number of hydrogen-bond donors (Lipinski definition) is 1. The van der Waals surface area contributed by atoms with Crippen LogP contribution in [0.2, 0.25) is 0 Å². The van der Waals surface area contributed by atoms with Gasteiger partial charge in [-0.15, -0.1) is 0 Å². The molecule has 0 saturated heterocycles. The van der Waals surface area contributed by atoms with Crippen LogP contribution in [0.5, 0.6) is 0 Å². The number of aromatic nitrogens is 2. The Morgan fingerprint density at radius 2 is 1.79 bits per heavy atom. The van der Waals surface area contributed by atoms with E-state index in [-0.39, 0.29) is 17.4 Å². The second-order valence-corrected chi connectivity index (χ2v) is 5.81. The molecule has 0 bridgehead atoms. The summed E-state index contributed by atoms with van der Waals surface area (Å²) in [5.74, 6) is 0.244. The van der Waals surface area contributed by atoms with E-state index in [9.17, 15) is 14.9 Å². The summed E-state index contributed by atoms with van der Waals surface area (Å²) >= 11 is 0. The second-order valence-electron chi connectivity index (χ2n) is 5.81. The molecule has 1 N–H and O–H groups in total. The van der Waals surface area contributed by atoms with Crippen LogP contribution in [0.25, 0.3) is 0 Å². The fourth-order valence-electron chi connectivity index (χ4n) is 2.62. The van der Waals surface area contributed by atoms with Gasteiger partial charge in [-0.25, -0.2) is 4.79 Å². The third kappa shape index (κ3) is 3.24. The summed E-state index contributed by atoms with van der Waals surface area (Å²) in [6, 6.07) is 11.8. The van der Waals surface area contributed by atoms with E-state index in [0.717, 1.165) is 10.1 Å². The van der Waals surface area contributed by atoms with Crippen molar-refractivity contribution in [3.05, 3.63) is 62.3 Å². The summed E-state index contributed by atoms with van der Waals surface area (Å²) in [4.78, 5) is 26.2. The van der Waals surface area contributed by atoms with E-state index in [1.165, 1.54) is 18.7 Å². The number of nitrogens with one attached hydrogen (secondary N) is 1.